The number of para-hydroxylation sites is 1. The molecule has 2 aromatic carbocycles. The largest absolute Gasteiger partial charge is 0.379 e. The molecule has 32 heavy (non-hydrogen) atoms. The Labute approximate surface area is 193 Å². The summed E-state index contributed by atoms with van der Waals surface area (Å²) in [6.45, 7) is 2.33. The van der Waals surface area contributed by atoms with Crippen LogP contribution in [0.25, 0.3) is 0 Å². The third-order valence-corrected chi connectivity index (χ3v) is 7.67. The van der Waals surface area contributed by atoms with Gasteiger partial charge >= 0.3 is 10.1 Å². The summed E-state index contributed by atoms with van der Waals surface area (Å²) in [5.74, 6) is 0.184. The van der Waals surface area contributed by atoms with Crippen molar-refractivity contribution in [2.75, 3.05) is 6.61 Å². The summed E-state index contributed by atoms with van der Waals surface area (Å²) in [6, 6.07) is 13.0. The second-order valence-electron chi connectivity index (χ2n) is 7.78. The van der Waals surface area contributed by atoms with Gasteiger partial charge in [-0.25, -0.2) is 0 Å². The van der Waals surface area contributed by atoms with Crippen LogP contribution in [0.2, 0.25) is 0 Å². The molecule has 0 unspecified atom stereocenters. The molecule has 6 nitrogen and oxygen atoms in total. The van der Waals surface area contributed by atoms with E-state index in [1.165, 1.54) is 81.3 Å². The molecule has 0 aromatic heterocycles. The molecule has 2 aromatic rings. The molecule has 0 amide bonds. The molecule has 0 heterocycles. The maximum absolute atomic E-state index is 12.3. The maximum Gasteiger partial charge on any atom is 0.339 e. The third-order valence-electron chi connectivity index (χ3n) is 5.09. The minimum atomic E-state index is -4.05. The van der Waals surface area contributed by atoms with Gasteiger partial charge in [-0.1, -0.05) is 82.9 Å². The first kappa shape index (κ1) is 26.4. The summed E-state index contributed by atoms with van der Waals surface area (Å²) in [4.78, 5) is -0.210. The molecule has 0 saturated carbocycles. The summed E-state index contributed by atoms with van der Waals surface area (Å²) >= 11 is 0. The Bertz CT molecular complexity index is 985. The van der Waals surface area contributed by atoms with Crippen LogP contribution in [0.5, 0.6) is 5.75 Å². The zero-order valence-corrected chi connectivity index (χ0v) is 20.4. The van der Waals surface area contributed by atoms with E-state index >= 15 is 0 Å². The van der Waals surface area contributed by atoms with Crippen molar-refractivity contribution in [3.8, 4) is 5.75 Å². The van der Waals surface area contributed by atoms with Crippen LogP contribution in [0.4, 0.5) is 0 Å². The van der Waals surface area contributed by atoms with Gasteiger partial charge < -0.3 is 4.18 Å². The van der Waals surface area contributed by atoms with Gasteiger partial charge in [-0.2, -0.15) is 16.8 Å². The van der Waals surface area contributed by atoms with Gasteiger partial charge in [0.1, 0.15) is 10.6 Å². The Morgan fingerprint density at radius 3 is 1.59 bits per heavy atom. The average Bonchev–Trinajstić information content (AvgIpc) is 2.78. The number of rotatable bonds is 16. The van der Waals surface area contributed by atoms with Crippen molar-refractivity contribution in [1.82, 2.24) is 0 Å². The van der Waals surface area contributed by atoms with Crippen LogP contribution < -0.4 is 4.18 Å². The first-order valence-electron chi connectivity index (χ1n) is 11.3. The van der Waals surface area contributed by atoms with E-state index in [0.29, 0.717) is 6.42 Å². The van der Waals surface area contributed by atoms with Crippen LogP contribution in [-0.4, -0.2) is 23.4 Å². The minimum absolute atomic E-state index is 0.0803. The SMILES string of the molecule is CCCCCCCCCCCCOS(=O)(=O)c1ccc(S(=O)(=O)Oc2ccccc2)cc1. The van der Waals surface area contributed by atoms with E-state index in [4.69, 9.17) is 8.37 Å². The lowest BCUT2D eigenvalue weighted by molar-refractivity contribution is 0.306. The van der Waals surface area contributed by atoms with E-state index in [9.17, 15) is 16.8 Å². The van der Waals surface area contributed by atoms with Crippen molar-refractivity contribution in [1.29, 1.82) is 0 Å². The van der Waals surface area contributed by atoms with E-state index in [1.54, 1.807) is 18.2 Å². The lowest BCUT2D eigenvalue weighted by Gasteiger charge is -2.09. The summed E-state index contributed by atoms with van der Waals surface area (Å²) < 4.78 is 59.5. The second-order valence-corrected chi connectivity index (χ2v) is 10.9. The summed E-state index contributed by atoms with van der Waals surface area (Å²) in [6.07, 6.45) is 11.5. The van der Waals surface area contributed by atoms with E-state index in [1.807, 2.05) is 0 Å². The summed E-state index contributed by atoms with van der Waals surface area (Å²) in [7, 11) is -7.98. The van der Waals surface area contributed by atoms with Gasteiger partial charge in [-0.15, -0.1) is 0 Å². The Kier molecular flexibility index (Phi) is 11.2. The third kappa shape index (κ3) is 9.30. The lowest BCUT2D eigenvalue weighted by Crippen LogP contribution is -2.11. The van der Waals surface area contributed by atoms with Gasteiger partial charge in [0.2, 0.25) is 0 Å². The number of hydrogen-bond acceptors (Lipinski definition) is 6. The van der Waals surface area contributed by atoms with Crippen molar-refractivity contribution >= 4 is 20.2 Å². The molecular formula is C24H34O6S2. The molecule has 0 N–H and O–H groups in total. The first-order valence-corrected chi connectivity index (χ1v) is 14.2. The number of unbranched alkanes of at least 4 members (excludes halogenated alkanes) is 9. The lowest BCUT2D eigenvalue weighted by atomic mass is 10.1. The standard InChI is InChI=1S/C24H34O6S2/c1-2-3-4-5-6-7-8-9-10-14-21-29-31(25,26)23-17-19-24(20-18-23)32(27,28)30-22-15-12-11-13-16-22/h11-13,15-20H,2-10,14,21H2,1H3. The number of hydrogen-bond donors (Lipinski definition) is 0. The predicted octanol–water partition coefficient (Wildman–Crippen LogP) is 6.08. The molecule has 0 radical (unpaired) electrons. The molecule has 0 aliphatic carbocycles. The van der Waals surface area contributed by atoms with E-state index in [-0.39, 0.29) is 22.1 Å². The molecule has 178 valence electrons. The molecule has 8 heteroatoms. The predicted molar refractivity (Wildman–Crippen MR) is 126 cm³/mol. The number of benzene rings is 2. The Hall–Kier alpha value is -1.90. The fourth-order valence-corrected chi connectivity index (χ4v) is 5.12. The summed E-state index contributed by atoms with van der Waals surface area (Å²) in [5, 5.41) is 0. The van der Waals surface area contributed by atoms with Crippen molar-refractivity contribution in [3.63, 3.8) is 0 Å². The smallest absolute Gasteiger partial charge is 0.339 e. The van der Waals surface area contributed by atoms with Gasteiger partial charge in [0, 0.05) is 0 Å². The highest BCUT2D eigenvalue weighted by molar-refractivity contribution is 7.87. The molecule has 0 aliphatic heterocycles. The maximum atomic E-state index is 12.3. The van der Waals surface area contributed by atoms with E-state index in [2.05, 4.69) is 6.92 Å². The molecule has 0 aliphatic rings. The topological polar surface area (TPSA) is 86.7 Å². The summed E-state index contributed by atoms with van der Waals surface area (Å²) in [5.41, 5.74) is 0. The van der Waals surface area contributed by atoms with Gasteiger partial charge in [0.25, 0.3) is 10.1 Å². The van der Waals surface area contributed by atoms with Crippen molar-refractivity contribution < 1.29 is 25.2 Å². The average molecular weight is 483 g/mol. The van der Waals surface area contributed by atoms with Crippen LogP contribution in [0.3, 0.4) is 0 Å². The fourth-order valence-electron chi connectivity index (χ4n) is 3.25. The van der Waals surface area contributed by atoms with E-state index < -0.39 is 20.2 Å². The van der Waals surface area contributed by atoms with Crippen LogP contribution in [0, 0.1) is 0 Å². The van der Waals surface area contributed by atoms with E-state index in [0.717, 1.165) is 12.8 Å². The van der Waals surface area contributed by atoms with Crippen LogP contribution in [0.15, 0.2) is 64.4 Å². The zero-order chi connectivity index (χ0) is 23.3. The second kappa shape index (κ2) is 13.6. The highest BCUT2D eigenvalue weighted by Crippen LogP contribution is 2.21. The van der Waals surface area contributed by atoms with Gasteiger partial charge in [-0.05, 0) is 42.8 Å². The zero-order valence-electron chi connectivity index (χ0n) is 18.7. The van der Waals surface area contributed by atoms with Crippen LogP contribution in [-0.2, 0) is 24.4 Å². The normalized spacial score (nSPS) is 12.0. The first-order chi connectivity index (χ1) is 15.3. The van der Waals surface area contributed by atoms with Gasteiger partial charge in [0.05, 0.1) is 11.5 Å². The molecule has 0 fully saturated rings. The molecule has 0 atom stereocenters. The van der Waals surface area contributed by atoms with Crippen LogP contribution >= 0.6 is 0 Å². The van der Waals surface area contributed by atoms with Gasteiger partial charge in [-0.3, -0.25) is 4.18 Å². The monoisotopic (exact) mass is 482 g/mol. The fraction of sp³-hybridized carbons (Fsp3) is 0.500. The molecule has 0 saturated heterocycles. The van der Waals surface area contributed by atoms with Crippen molar-refractivity contribution in [2.24, 2.45) is 0 Å². The highest BCUT2D eigenvalue weighted by Gasteiger charge is 2.20. The molecule has 2 rings (SSSR count). The quantitative estimate of drug-likeness (QED) is 0.213. The van der Waals surface area contributed by atoms with Crippen LogP contribution in [0.1, 0.15) is 71.1 Å². The van der Waals surface area contributed by atoms with Crippen molar-refractivity contribution in [2.45, 2.75) is 80.9 Å². The van der Waals surface area contributed by atoms with Crippen molar-refractivity contribution in [3.05, 3.63) is 54.6 Å². The minimum Gasteiger partial charge on any atom is -0.379 e. The Morgan fingerprint density at radius 1 is 0.594 bits per heavy atom. The molecular weight excluding hydrogens is 448 g/mol. The van der Waals surface area contributed by atoms with Gasteiger partial charge in [0.15, 0.2) is 0 Å². The Morgan fingerprint density at radius 2 is 1.06 bits per heavy atom. The Balaban J connectivity index is 1.73. The molecule has 0 bridgehead atoms. The highest BCUT2D eigenvalue weighted by atomic mass is 32.2. The molecule has 0 spiro atoms.